The van der Waals surface area contributed by atoms with E-state index >= 15 is 0 Å². The molecule has 0 bridgehead atoms. The Kier molecular flexibility index (Phi) is 6.19. The Balaban J connectivity index is 1.65. The first-order chi connectivity index (χ1) is 13.0. The first kappa shape index (κ1) is 19.0. The van der Waals surface area contributed by atoms with Crippen LogP contribution in [0.15, 0.2) is 59.6 Å². The summed E-state index contributed by atoms with van der Waals surface area (Å²) in [4.78, 5) is 21.0. The summed E-state index contributed by atoms with van der Waals surface area (Å²) in [5.41, 5.74) is 3.38. The Hall–Kier alpha value is -2.73. The second-order valence-electron chi connectivity index (χ2n) is 6.07. The van der Waals surface area contributed by atoms with Crippen LogP contribution in [-0.4, -0.2) is 21.6 Å². The van der Waals surface area contributed by atoms with Gasteiger partial charge in [0.25, 0.3) is 0 Å². The number of hydrogen-bond acceptors (Lipinski definition) is 4. The van der Waals surface area contributed by atoms with Crippen molar-refractivity contribution in [2.75, 3.05) is 11.1 Å². The van der Waals surface area contributed by atoms with Gasteiger partial charge in [0.1, 0.15) is 10.8 Å². The maximum Gasteiger partial charge on any atom is 0.234 e. The van der Waals surface area contributed by atoms with Crippen molar-refractivity contribution in [3.8, 4) is 11.4 Å². The van der Waals surface area contributed by atoms with Crippen LogP contribution in [0, 0.1) is 12.7 Å². The Morgan fingerprint density at radius 2 is 1.89 bits per heavy atom. The number of thioether (sulfide) groups is 1. The zero-order valence-electron chi connectivity index (χ0n) is 15.2. The quantitative estimate of drug-likeness (QED) is 0.488. The first-order valence-electron chi connectivity index (χ1n) is 8.66. The van der Waals surface area contributed by atoms with E-state index in [0.29, 0.717) is 16.4 Å². The number of anilines is 1. The van der Waals surface area contributed by atoms with Gasteiger partial charge in [-0.05, 0) is 49.2 Å². The lowest BCUT2D eigenvalue weighted by Gasteiger charge is -2.08. The zero-order chi connectivity index (χ0) is 19.2. The van der Waals surface area contributed by atoms with Crippen LogP contribution in [0.3, 0.4) is 0 Å². The van der Waals surface area contributed by atoms with Gasteiger partial charge in [-0.15, -0.1) is 0 Å². The number of rotatable bonds is 6. The first-order valence-corrected chi connectivity index (χ1v) is 9.65. The predicted molar refractivity (Wildman–Crippen MR) is 107 cm³/mol. The van der Waals surface area contributed by atoms with Gasteiger partial charge in [-0.2, -0.15) is 0 Å². The molecule has 0 unspecified atom stereocenters. The van der Waals surface area contributed by atoms with Crippen LogP contribution >= 0.6 is 11.8 Å². The average molecular weight is 381 g/mol. The van der Waals surface area contributed by atoms with Crippen molar-refractivity contribution in [3.05, 3.63) is 71.7 Å². The predicted octanol–water partition coefficient (Wildman–Crippen LogP) is 4.88. The number of aromatic nitrogens is 2. The Bertz CT molecular complexity index is 944. The average Bonchev–Trinajstić information content (AvgIpc) is 2.66. The number of benzene rings is 2. The molecule has 1 N–H and O–H groups in total. The van der Waals surface area contributed by atoms with Gasteiger partial charge in [-0.25, -0.2) is 14.4 Å². The highest BCUT2D eigenvalue weighted by Crippen LogP contribution is 2.22. The molecular weight excluding hydrogens is 361 g/mol. The number of carbonyl (C=O) groups is 1. The molecule has 138 valence electrons. The van der Waals surface area contributed by atoms with E-state index in [0.717, 1.165) is 17.8 Å². The van der Waals surface area contributed by atoms with Crippen molar-refractivity contribution in [1.82, 2.24) is 9.97 Å². The largest absolute Gasteiger partial charge is 0.325 e. The molecule has 0 saturated heterocycles. The molecule has 0 spiro atoms. The SMILES string of the molecule is CCc1ccc(NC(=O)CSc2cc(C)nc(-c3cccc(F)c3)n2)cc1. The highest BCUT2D eigenvalue weighted by molar-refractivity contribution is 7.99. The van der Waals surface area contributed by atoms with E-state index in [-0.39, 0.29) is 17.5 Å². The molecule has 1 aromatic heterocycles. The molecule has 0 aliphatic heterocycles. The van der Waals surface area contributed by atoms with E-state index in [1.807, 2.05) is 37.3 Å². The van der Waals surface area contributed by atoms with E-state index in [1.165, 1.54) is 29.5 Å². The van der Waals surface area contributed by atoms with Crippen LogP contribution in [0.5, 0.6) is 0 Å². The molecule has 0 radical (unpaired) electrons. The Morgan fingerprint density at radius 1 is 1.11 bits per heavy atom. The lowest BCUT2D eigenvalue weighted by Crippen LogP contribution is -2.14. The Morgan fingerprint density at radius 3 is 2.59 bits per heavy atom. The van der Waals surface area contributed by atoms with Crippen LogP contribution < -0.4 is 5.32 Å². The Labute approximate surface area is 162 Å². The standard InChI is InChI=1S/C21H20FN3OS/c1-3-15-7-9-18(10-8-15)24-19(26)13-27-20-11-14(2)23-21(25-20)16-5-4-6-17(22)12-16/h4-12H,3,13H2,1-2H3,(H,24,26). The van der Waals surface area contributed by atoms with Gasteiger partial charge < -0.3 is 5.32 Å². The second kappa shape index (κ2) is 8.77. The van der Waals surface area contributed by atoms with Gasteiger partial charge in [-0.3, -0.25) is 4.79 Å². The fraction of sp³-hybridized carbons (Fsp3) is 0.190. The summed E-state index contributed by atoms with van der Waals surface area (Å²) >= 11 is 1.33. The molecule has 6 heteroatoms. The number of hydrogen-bond donors (Lipinski definition) is 1. The summed E-state index contributed by atoms with van der Waals surface area (Å²) in [6, 6.07) is 15.8. The van der Waals surface area contributed by atoms with Crippen LogP contribution in [0.2, 0.25) is 0 Å². The normalized spacial score (nSPS) is 10.6. The molecule has 0 aliphatic rings. The van der Waals surface area contributed by atoms with Gasteiger partial charge in [0.2, 0.25) is 5.91 Å². The van der Waals surface area contributed by atoms with E-state index in [2.05, 4.69) is 22.2 Å². The number of nitrogens with one attached hydrogen (secondary N) is 1. The molecular formula is C21H20FN3OS. The van der Waals surface area contributed by atoms with Crippen molar-refractivity contribution in [2.24, 2.45) is 0 Å². The number of amides is 1. The van der Waals surface area contributed by atoms with Crippen molar-refractivity contribution in [3.63, 3.8) is 0 Å². The van der Waals surface area contributed by atoms with Gasteiger partial charge >= 0.3 is 0 Å². The molecule has 3 rings (SSSR count). The van der Waals surface area contributed by atoms with E-state index in [9.17, 15) is 9.18 Å². The molecule has 27 heavy (non-hydrogen) atoms. The van der Waals surface area contributed by atoms with Crippen LogP contribution in [0.1, 0.15) is 18.2 Å². The van der Waals surface area contributed by atoms with Crippen molar-refractivity contribution in [1.29, 1.82) is 0 Å². The number of carbonyl (C=O) groups excluding carboxylic acids is 1. The summed E-state index contributed by atoms with van der Waals surface area (Å²) in [6.07, 6.45) is 0.963. The third-order valence-corrected chi connectivity index (χ3v) is 4.82. The molecule has 0 aliphatic carbocycles. The lowest BCUT2D eigenvalue weighted by molar-refractivity contribution is -0.113. The van der Waals surface area contributed by atoms with E-state index in [1.54, 1.807) is 12.1 Å². The molecule has 3 aromatic rings. The molecule has 0 saturated carbocycles. The maximum absolute atomic E-state index is 13.4. The van der Waals surface area contributed by atoms with Crippen molar-refractivity contribution >= 4 is 23.4 Å². The van der Waals surface area contributed by atoms with Gasteiger partial charge in [0, 0.05) is 16.9 Å². The third-order valence-electron chi connectivity index (χ3n) is 3.91. The zero-order valence-corrected chi connectivity index (χ0v) is 16.0. The summed E-state index contributed by atoms with van der Waals surface area (Å²) < 4.78 is 13.4. The highest BCUT2D eigenvalue weighted by Gasteiger charge is 2.09. The minimum atomic E-state index is -0.333. The highest BCUT2D eigenvalue weighted by atomic mass is 32.2. The van der Waals surface area contributed by atoms with Crippen LogP contribution in [-0.2, 0) is 11.2 Å². The monoisotopic (exact) mass is 381 g/mol. The molecule has 0 atom stereocenters. The van der Waals surface area contributed by atoms with E-state index in [4.69, 9.17) is 0 Å². The molecule has 4 nitrogen and oxygen atoms in total. The topological polar surface area (TPSA) is 54.9 Å². The van der Waals surface area contributed by atoms with Crippen molar-refractivity contribution < 1.29 is 9.18 Å². The molecule has 1 amide bonds. The minimum absolute atomic E-state index is 0.104. The summed E-state index contributed by atoms with van der Waals surface area (Å²) in [5.74, 6) is 0.245. The molecule has 2 aromatic carbocycles. The summed E-state index contributed by atoms with van der Waals surface area (Å²) in [5, 5.41) is 3.56. The molecule has 1 heterocycles. The number of nitrogens with zero attached hydrogens (tertiary/aromatic N) is 2. The summed E-state index contributed by atoms with van der Waals surface area (Å²) in [7, 11) is 0. The summed E-state index contributed by atoms with van der Waals surface area (Å²) in [6.45, 7) is 3.94. The van der Waals surface area contributed by atoms with Gasteiger partial charge in [0.15, 0.2) is 5.82 Å². The van der Waals surface area contributed by atoms with E-state index < -0.39 is 0 Å². The van der Waals surface area contributed by atoms with Crippen molar-refractivity contribution in [2.45, 2.75) is 25.3 Å². The van der Waals surface area contributed by atoms with Gasteiger partial charge in [-0.1, -0.05) is 43.0 Å². The minimum Gasteiger partial charge on any atom is -0.325 e. The molecule has 0 fully saturated rings. The maximum atomic E-state index is 13.4. The number of halogens is 1. The van der Waals surface area contributed by atoms with Crippen LogP contribution in [0.4, 0.5) is 10.1 Å². The van der Waals surface area contributed by atoms with Gasteiger partial charge in [0.05, 0.1) is 5.75 Å². The third kappa shape index (κ3) is 5.37. The smallest absolute Gasteiger partial charge is 0.234 e. The second-order valence-corrected chi connectivity index (χ2v) is 7.06. The fourth-order valence-corrected chi connectivity index (χ4v) is 3.29. The van der Waals surface area contributed by atoms with Crippen LogP contribution in [0.25, 0.3) is 11.4 Å². The lowest BCUT2D eigenvalue weighted by atomic mass is 10.1. The number of aryl methyl sites for hydroxylation is 2. The fourth-order valence-electron chi connectivity index (χ4n) is 2.53.